The van der Waals surface area contributed by atoms with Crippen LogP contribution >= 0.6 is 11.6 Å². The fourth-order valence-electron chi connectivity index (χ4n) is 0.743. The topological polar surface area (TPSA) is 12.9 Å². The molecule has 0 atom stereocenters. The van der Waals surface area contributed by atoms with Crippen LogP contribution in [-0.4, -0.2) is 10.9 Å². The average molecular weight is 156 g/mol. The van der Waals surface area contributed by atoms with E-state index in [-0.39, 0.29) is 0 Å². The fourth-order valence-corrected chi connectivity index (χ4v) is 0.937. The molecule has 54 valence electrons. The van der Waals surface area contributed by atoms with E-state index in [9.17, 15) is 0 Å². The lowest BCUT2D eigenvalue weighted by Crippen LogP contribution is -1.89. The molecule has 1 aromatic rings. The highest BCUT2D eigenvalue weighted by Gasteiger charge is 1.90. The summed E-state index contributed by atoms with van der Waals surface area (Å²) in [4.78, 5) is 4.18. The quantitative estimate of drug-likeness (QED) is 0.597. The number of aromatic nitrogens is 1. The molecule has 0 aliphatic rings. The minimum absolute atomic E-state index is 0.649. The Hall–Kier alpha value is -0.560. The molecule has 0 bridgehead atoms. The van der Waals surface area contributed by atoms with Gasteiger partial charge in [0.25, 0.3) is 0 Å². The van der Waals surface area contributed by atoms with Gasteiger partial charge in [0.2, 0.25) is 0 Å². The molecule has 1 heterocycles. The molecular formula is C8H10ClN. The summed E-state index contributed by atoms with van der Waals surface area (Å²) in [5.74, 6) is 0.649. The Kier molecular flexibility index (Phi) is 2.69. The molecule has 0 unspecified atom stereocenters. The van der Waals surface area contributed by atoms with Crippen molar-refractivity contribution in [2.45, 2.75) is 13.3 Å². The highest BCUT2D eigenvalue weighted by molar-refractivity contribution is 6.17. The summed E-state index contributed by atoms with van der Waals surface area (Å²) in [6.07, 6.45) is 2.73. The Labute approximate surface area is 66.0 Å². The normalized spacial score (nSPS) is 9.80. The lowest BCUT2D eigenvalue weighted by molar-refractivity contribution is 1.03. The van der Waals surface area contributed by atoms with Crippen LogP contribution in [-0.2, 0) is 6.42 Å². The molecule has 0 spiro atoms. The van der Waals surface area contributed by atoms with Crippen molar-refractivity contribution in [2.24, 2.45) is 0 Å². The SMILES string of the molecule is Cc1ccc(CCCl)nc1. The van der Waals surface area contributed by atoms with Crippen molar-refractivity contribution in [3.05, 3.63) is 29.6 Å². The Morgan fingerprint density at radius 2 is 2.30 bits per heavy atom. The number of hydrogen-bond acceptors (Lipinski definition) is 1. The molecular weight excluding hydrogens is 146 g/mol. The molecule has 0 amide bonds. The highest BCUT2D eigenvalue weighted by atomic mass is 35.5. The lowest BCUT2D eigenvalue weighted by atomic mass is 10.2. The summed E-state index contributed by atoms with van der Waals surface area (Å²) < 4.78 is 0. The van der Waals surface area contributed by atoms with Gasteiger partial charge < -0.3 is 0 Å². The third-order valence-electron chi connectivity index (χ3n) is 1.32. The second-order valence-corrected chi connectivity index (χ2v) is 2.64. The number of halogens is 1. The maximum atomic E-state index is 5.54. The average Bonchev–Trinajstić information content (AvgIpc) is 1.95. The van der Waals surface area contributed by atoms with Crippen LogP contribution in [0.15, 0.2) is 18.3 Å². The standard InChI is InChI=1S/C8H10ClN/c1-7-2-3-8(4-5-9)10-6-7/h2-3,6H,4-5H2,1H3. The van der Waals surface area contributed by atoms with Gasteiger partial charge in [-0.3, -0.25) is 4.98 Å². The summed E-state index contributed by atoms with van der Waals surface area (Å²) >= 11 is 5.54. The number of nitrogens with zero attached hydrogens (tertiary/aromatic N) is 1. The molecule has 0 aromatic carbocycles. The Morgan fingerprint density at radius 3 is 2.80 bits per heavy atom. The van der Waals surface area contributed by atoms with Crippen LogP contribution in [0.3, 0.4) is 0 Å². The van der Waals surface area contributed by atoms with Gasteiger partial charge in [-0.05, 0) is 18.6 Å². The summed E-state index contributed by atoms with van der Waals surface area (Å²) in [5, 5.41) is 0. The first-order valence-corrected chi connectivity index (χ1v) is 3.84. The lowest BCUT2D eigenvalue weighted by Gasteiger charge is -1.95. The Balaban J connectivity index is 2.69. The van der Waals surface area contributed by atoms with E-state index in [1.807, 2.05) is 19.2 Å². The zero-order valence-corrected chi connectivity index (χ0v) is 6.73. The first-order valence-electron chi connectivity index (χ1n) is 3.30. The fraction of sp³-hybridized carbons (Fsp3) is 0.375. The largest absolute Gasteiger partial charge is 0.261 e. The molecule has 1 rings (SSSR count). The predicted molar refractivity (Wildman–Crippen MR) is 43.4 cm³/mol. The van der Waals surface area contributed by atoms with Gasteiger partial charge in [0.1, 0.15) is 0 Å². The number of pyridine rings is 1. The first-order chi connectivity index (χ1) is 4.83. The number of alkyl halides is 1. The van der Waals surface area contributed by atoms with Gasteiger partial charge in [0.15, 0.2) is 0 Å². The second-order valence-electron chi connectivity index (χ2n) is 2.27. The van der Waals surface area contributed by atoms with E-state index < -0.39 is 0 Å². The van der Waals surface area contributed by atoms with Gasteiger partial charge in [0.05, 0.1) is 0 Å². The Bertz CT molecular complexity index is 193. The van der Waals surface area contributed by atoms with Crippen molar-refractivity contribution in [1.29, 1.82) is 0 Å². The third-order valence-corrected chi connectivity index (χ3v) is 1.51. The van der Waals surface area contributed by atoms with E-state index in [4.69, 9.17) is 11.6 Å². The van der Waals surface area contributed by atoms with E-state index >= 15 is 0 Å². The summed E-state index contributed by atoms with van der Waals surface area (Å²) in [6.45, 7) is 2.03. The van der Waals surface area contributed by atoms with Crippen LogP contribution in [0, 0.1) is 6.92 Å². The van der Waals surface area contributed by atoms with Gasteiger partial charge in [0, 0.05) is 24.2 Å². The first kappa shape index (κ1) is 7.55. The smallest absolute Gasteiger partial charge is 0.0415 e. The second kappa shape index (κ2) is 3.57. The van der Waals surface area contributed by atoms with Crippen molar-refractivity contribution in [1.82, 2.24) is 4.98 Å². The third kappa shape index (κ3) is 1.99. The zero-order valence-electron chi connectivity index (χ0n) is 5.97. The van der Waals surface area contributed by atoms with Crippen molar-refractivity contribution < 1.29 is 0 Å². The van der Waals surface area contributed by atoms with Gasteiger partial charge in [-0.1, -0.05) is 6.07 Å². The van der Waals surface area contributed by atoms with E-state index in [1.54, 1.807) is 0 Å². The van der Waals surface area contributed by atoms with Crippen molar-refractivity contribution >= 4 is 11.6 Å². The van der Waals surface area contributed by atoms with Gasteiger partial charge in [-0.15, -0.1) is 11.6 Å². The van der Waals surface area contributed by atoms with Crippen LogP contribution in [0.1, 0.15) is 11.3 Å². The zero-order chi connectivity index (χ0) is 7.40. The van der Waals surface area contributed by atoms with Crippen LogP contribution < -0.4 is 0 Å². The number of rotatable bonds is 2. The minimum atomic E-state index is 0.649. The molecule has 0 saturated heterocycles. The van der Waals surface area contributed by atoms with Crippen molar-refractivity contribution in [3.8, 4) is 0 Å². The molecule has 0 fully saturated rings. The molecule has 0 saturated carbocycles. The molecule has 0 aliphatic carbocycles. The number of aryl methyl sites for hydroxylation is 2. The maximum Gasteiger partial charge on any atom is 0.0415 e. The summed E-state index contributed by atoms with van der Waals surface area (Å²) in [6, 6.07) is 4.06. The van der Waals surface area contributed by atoms with Crippen LogP contribution in [0.5, 0.6) is 0 Å². The number of hydrogen-bond donors (Lipinski definition) is 0. The van der Waals surface area contributed by atoms with Crippen LogP contribution in [0.4, 0.5) is 0 Å². The van der Waals surface area contributed by atoms with Gasteiger partial charge in [-0.25, -0.2) is 0 Å². The molecule has 1 aromatic heterocycles. The van der Waals surface area contributed by atoms with E-state index in [0.717, 1.165) is 12.1 Å². The molecule has 0 aliphatic heterocycles. The summed E-state index contributed by atoms with van der Waals surface area (Å²) in [5.41, 5.74) is 2.26. The van der Waals surface area contributed by atoms with Crippen molar-refractivity contribution in [2.75, 3.05) is 5.88 Å². The van der Waals surface area contributed by atoms with E-state index in [0.29, 0.717) is 5.88 Å². The van der Waals surface area contributed by atoms with Gasteiger partial charge in [-0.2, -0.15) is 0 Å². The highest BCUT2D eigenvalue weighted by Crippen LogP contribution is 1.99. The minimum Gasteiger partial charge on any atom is -0.261 e. The van der Waals surface area contributed by atoms with E-state index in [2.05, 4.69) is 11.1 Å². The van der Waals surface area contributed by atoms with Crippen LogP contribution in [0.2, 0.25) is 0 Å². The molecule has 0 N–H and O–H groups in total. The summed E-state index contributed by atoms with van der Waals surface area (Å²) in [7, 11) is 0. The Morgan fingerprint density at radius 1 is 1.50 bits per heavy atom. The van der Waals surface area contributed by atoms with E-state index in [1.165, 1.54) is 5.56 Å². The molecule has 2 heteroatoms. The monoisotopic (exact) mass is 155 g/mol. The van der Waals surface area contributed by atoms with Gasteiger partial charge >= 0.3 is 0 Å². The van der Waals surface area contributed by atoms with Crippen molar-refractivity contribution in [3.63, 3.8) is 0 Å². The van der Waals surface area contributed by atoms with Crippen LogP contribution in [0.25, 0.3) is 0 Å². The molecule has 0 radical (unpaired) electrons. The predicted octanol–water partition coefficient (Wildman–Crippen LogP) is 2.17. The molecule has 10 heavy (non-hydrogen) atoms. The molecule has 1 nitrogen and oxygen atoms in total. The maximum absolute atomic E-state index is 5.54.